The summed E-state index contributed by atoms with van der Waals surface area (Å²) in [5, 5.41) is 9.16. The van der Waals surface area contributed by atoms with Crippen LogP contribution in [0.5, 0.6) is 0 Å². The summed E-state index contributed by atoms with van der Waals surface area (Å²) in [5.41, 5.74) is 1.59. The van der Waals surface area contributed by atoms with E-state index in [2.05, 4.69) is 18.7 Å². The molecule has 2 nitrogen and oxygen atoms in total. The van der Waals surface area contributed by atoms with Gasteiger partial charge >= 0.3 is 0 Å². The van der Waals surface area contributed by atoms with Crippen molar-refractivity contribution in [2.45, 2.75) is 26.9 Å². The first-order chi connectivity index (χ1) is 7.22. The minimum absolute atomic E-state index is 0.118. The molecular weight excluding hydrogens is 193 g/mol. The van der Waals surface area contributed by atoms with E-state index >= 15 is 0 Å². The summed E-state index contributed by atoms with van der Waals surface area (Å²) in [5.74, 6) is -0.296. The van der Waals surface area contributed by atoms with Gasteiger partial charge in [-0.25, -0.2) is 4.39 Å². The van der Waals surface area contributed by atoms with Gasteiger partial charge in [0.05, 0.1) is 6.61 Å². The lowest BCUT2D eigenvalue weighted by molar-refractivity contribution is 0.281. The van der Waals surface area contributed by atoms with Crippen molar-refractivity contribution >= 4 is 5.69 Å². The van der Waals surface area contributed by atoms with Crippen LogP contribution >= 0.6 is 0 Å². The predicted octanol–water partition coefficient (Wildman–Crippen LogP) is 2.55. The fourth-order valence-electron chi connectivity index (χ4n) is 1.71. The number of hydrogen-bond donors (Lipinski definition) is 1. The number of hydrogen-bond acceptors (Lipinski definition) is 2. The summed E-state index contributed by atoms with van der Waals surface area (Å²) in [6, 6.07) is 4.57. The highest BCUT2D eigenvalue weighted by Gasteiger charge is 2.09. The highest BCUT2D eigenvalue weighted by atomic mass is 19.1. The second kappa shape index (κ2) is 5.71. The number of aliphatic hydroxyl groups excluding tert-OH is 1. The molecule has 0 fully saturated rings. The fraction of sp³-hybridized carbons (Fsp3) is 0.500. The zero-order valence-corrected chi connectivity index (χ0v) is 9.33. The molecule has 0 heterocycles. The number of rotatable bonds is 5. The van der Waals surface area contributed by atoms with Crippen molar-refractivity contribution < 1.29 is 9.50 Å². The Morgan fingerprint density at radius 2 is 2.07 bits per heavy atom. The first kappa shape index (κ1) is 12.0. The van der Waals surface area contributed by atoms with Gasteiger partial charge in [0.25, 0.3) is 0 Å². The van der Waals surface area contributed by atoms with Crippen LogP contribution in [0.1, 0.15) is 25.8 Å². The number of nitrogens with zero attached hydrogens (tertiary/aromatic N) is 1. The highest BCUT2D eigenvalue weighted by molar-refractivity contribution is 5.53. The van der Waals surface area contributed by atoms with Crippen LogP contribution in [0.2, 0.25) is 0 Å². The Labute approximate surface area is 90.3 Å². The van der Waals surface area contributed by atoms with Gasteiger partial charge in [0.15, 0.2) is 0 Å². The molecule has 0 aliphatic rings. The normalized spacial score (nSPS) is 10.4. The van der Waals surface area contributed by atoms with Gasteiger partial charge in [-0.3, -0.25) is 0 Å². The van der Waals surface area contributed by atoms with Crippen LogP contribution in [0.25, 0.3) is 0 Å². The van der Waals surface area contributed by atoms with Crippen LogP contribution in [0.15, 0.2) is 18.2 Å². The van der Waals surface area contributed by atoms with E-state index < -0.39 is 0 Å². The molecule has 0 aliphatic heterocycles. The Balaban J connectivity index is 2.99. The molecule has 1 rings (SSSR count). The van der Waals surface area contributed by atoms with Gasteiger partial charge in [-0.15, -0.1) is 0 Å². The second-order valence-electron chi connectivity index (χ2n) is 3.51. The summed E-state index contributed by atoms with van der Waals surface area (Å²) < 4.78 is 13.0. The van der Waals surface area contributed by atoms with Crippen molar-refractivity contribution in [1.29, 1.82) is 0 Å². The molecule has 1 N–H and O–H groups in total. The molecule has 0 aromatic heterocycles. The van der Waals surface area contributed by atoms with Crippen molar-refractivity contribution in [3.05, 3.63) is 29.6 Å². The van der Waals surface area contributed by atoms with E-state index in [9.17, 15) is 4.39 Å². The molecule has 0 atom stereocenters. The molecule has 0 unspecified atom stereocenters. The molecule has 15 heavy (non-hydrogen) atoms. The summed E-state index contributed by atoms with van der Waals surface area (Å²) in [7, 11) is 0. The molecule has 0 aliphatic carbocycles. The molecule has 0 saturated heterocycles. The van der Waals surface area contributed by atoms with E-state index in [-0.39, 0.29) is 12.4 Å². The Hall–Kier alpha value is -1.09. The van der Waals surface area contributed by atoms with E-state index in [0.29, 0.717) is 5.56 Å². The average molecular weight is 211 g/mol. The molecule has 0 spiro atoms. The molecule has 0 amide bonds. The molecule has 1 aromatic carbocycles. The van der Waals surface area contributed by atoms with Gasteiger partial charge in [0, 0.05) is 24.3 Å². The third-order valence-electron chi connectivity index (χ3n) is 2.43. The largest absolute Gasteiger partial charge is 0.392 e. The molecule has 0 bridgehead atoms. The molecule has 84 valence electrons. The van der Waals surface area contributed by atoms with Crippen molar-refractivity contribution in [1.82, 2.24) is 0 Å². The first-order valence-electron chi connectivity index (χ1n) is 5.37. The summed E-state index contributed by atoms with van der Waals surface area (Å²) >= 11 is 0. The lowest BCUT2D eigenvalue weighted by Gasteiger charge is -2.24. The SMILES string of the molecule is CCCN(CC)c1ccc(F)cc1CO. The number of aliphatic hydroxyl groups is 1. The van der Waals surface area contributed by atoms with Gasteiger partial charge in [-0.1, -0.05) is 6.92 Å². The van der Waals surface area contributed by atoms with E-state index in [4.69, 9.17) is 5.11 Å². The maximum atomic E-state index is 13.0. The zero-order valence-electron chi connectivity index (χ0n) is 9.33. The predicted molar refractivity (Wildman–Crippen MR) is 60.5 cm³/mol. The Morgan fingerprint density at radius 3 is 2.60 bits per heavy atom. The van der Waals surface area contributed by atoms with Crippen LogP contribution in [0, 0.1) is 5.82 Å². The van der Waals surface area contributed by atoms with Crippen LogP contribution in [0.4, 0.5) is 10.1 Å². The summed E-state index contributed by atoms with van der Waals surface area (Å²) in [4.78, 5) is 2.14. The minimum atomic E-state index is -0.296. The van der Waals surface area contributed by atoms with Crippen molar-refractivity contribution in [2.24, 2.45) is 0 Å². The van der Waals surface area contributed by atoms with Gasteiger partial charge in [-0.05, 0) is 31.5 Å². The standard InChI is InChI=1S/C12H18FNO/c1-3-7-14(4-2)12-6-5-11(13)8-10(12)9-15/h5-6,8,15H,3-4,7,9H2,1-2H3. The highest BCUT2D eigenvalue weighted by Crippen LogP contribution is 2.21. The van der Waals surface area contributed by atoms with Gasteiger partial charge in [0.1, 0.15) is 5.82 Å². The van der Waals surface area contributed by atoms with Crippen molar-refractivity contribution in [3.8, 4) is 0 Å². The summed E-state index contributed by atoms with van der Waals surface area (Å²) in [6.07, 6.45) is 1.04. The van der Waals surface area contributed by atoms with Crippen LogP contribution < -0.4 is 4.90 Å². The lowest BCUT2D eigenvalue weighted by atomic mass is 10.1. The van der Waals surface area contributed by atoms with E-state index in [1.165, 1.54) is 12.1 Å². The van der Waals surface area contributed by atoms with E-state index in [1.807, 2.05) is 0 Å². The lowest BCUT2D eigenvalue weighted by Crippen LogP contribution is -2.24. The van der Waals surface area contributed by atoms with E-state index in [0.717, 1.165) is 25.2 Å². The van der Waals surface area contributed by atoms with Gasteiger partial charge in [0.2, 0.25) is 0 Å². The van der Waals surface area contributed by atoms with Crippen molar-refractivity contribution in [2.75, 3.05) is 18.0 Å². The fourth-order valence-corrected chi connectivity index (χ4v) is 1.71. The van der Waals surface area contributed by atoms with E-state index in [1.54, 1.807) is 6.07 Å². The molecule has 1 aromatic rings. The van der Waals surface area contributed by atoms with Gasteiger partial charge < -0.3 is 10.0 Å². The van der Waals surface area contributed by atoms with Crippen molar-refractivity contribution in [3.63, 3.8) is 0 Å². The molecule has 0 saturated carbocycles. The Bertz CT molecular complexity index is 314. The quantitative estimate of drug-likeness (QED) is 0.809. The smallest absolute Gasteiger partial charge is 0.123 e. The second-order valence-corrected chi connectivity index (χ2v) is 3.51. The number of halogens is 1. The van der Waals surface area contributed by atoms with Gasteiger partial charge in [-0.2, -0.15) is 0 Å². The minimum Gasteiger partial charge on any atom is -0.392 e. The monoisotopic (exact) mass is 211 g/mol. The topological polar surface area (TPSA) is 23.5 Å². The summed E-state index contributed by atoms with van der Waals surface area (Å²) in [6.45, 7) is 5.83. The van der Waals surface area contributed by atoms with Crippen LogP contribution in [-0.2, 0) is 6.61 Å². The molecular formula is C12H18FNO. The maximum absolute atomic E-state index is 13.0. The Morgan fingerprint density at radius 1 is 1.33 bits per heavy atom. The third-order valence-corrected chi connectivity index (χ3v) is 2.43. The number of anilines is 1. The third kappa shape index (κ3) is 2.93. The zero-order chi connectivity index (χ0) is 11.3. The average Bonchev–Trinajstić information content (AvgIpc) is 2.26. The molecule has 0 radical (unpaired) electrons. The Kier molecular flexibility index (Phi) is 4.56. The first-order valence-corrected chi connectivity index (χ1v) is 5.37. The number of benzene rings is 1. The van der Waals surface area contributed by atoms with Crippen LogP contribution in [-0.4, -0.2) is 18.2 Å². The van der Waals surface area contributed by atoms with Crippen LogP contribution in [0.3, 0.4) is 0 Å². The maximum Gasteiger partial charge on any atom is 0.123 e. The molecule has 3 heteroatoms.